The summed E-state index contributed by atoms with van der Waals surface area (Å²) in [6, 6.07) is 8.53. The van der Waals surface area contributed by atoms with Crippen molar-refractivity contribution in [1.82, 2.24) is 14.9 Å². The summed E-state index contributed by atoms with van der Waals surface area (Å²) in [5.41, 5.74) is 2.96. The Kier molecular flexibility index (Phi) is 8.16. The Morgan fingerprint density at radius 3 is 2.55 bits per heavy atom. The number of nitrogens with one attached hydrogen (secondary N) is 1. The van der Waals surface area contributed by atoms with Crippen LogP contribution in [0, 0.1) is 5.95 Å². The number of carbonyl (C=O) groups excluding carboxylic acids is 3. The summed E-state index contributed by atoms with van der Waals surface area (Å²) in [7, 11) is 0. The second-order valence-electron chi connectivity index (χ2n) is 11.2. The number of unbranched alkanes of at least 4 members (excludes halogenated alkanes) is 1. The first-order valence-electron chi connectivity index (χ1n) is 14.8. The third kappa shape index (κ3) is 6.45. The van der Waals surface area contributed by atoms with E-state index < -0.39 is 5.95 Å². The van der Waals surface area contributed by atoms with Crippen LogP contribution in [0.4, 0.5) is 21.5 Å². The maximum Gasteiger partial charge on any atom is 0.277 e. The van der Waals surface area contributed by atoms with E-state index in [0.717, 1.165) is 43.6 Å². The van der Waals surface area contributed by atoms with Crippen LogP contribution in [0.15, 0.2) is 47.2 Å². The second-order valence-corrected chi connectivity index (χ2v) is 11.2. The predicted molar refractivity (Wildman–Crippen MR) is 155 cm³/mol. The Bertz CT molecular complexity index is 1450. The number of halogens is 1. The molecule has 1 aromatic carbocycles. The van der Waals surface area contributed by atoms with E-state index in [1.165, 1.54) is 18.5 Å². The van der Waals surface area contributed by atoms with Gasteiger partial charge in [-0.2, -0.15) is 4.39 Å². The molecule has 42 heavy (non-hydrogen) atoms. The third-order valence-corrected chi connectivity index (χ3v) is 8.20. The number of hydrogen-bond donors (Lipinski definition) is 1. The number of nitrogens with zero attached hydrogens (tertiary/aromatic N) is 5. The van der Waals surface area contributed by atoms with Gasteiger partial charge in [0.1, 0.15) is 6.26 Å². The summed E-state index contributed by atoms with van der Waals surface area (Å²) in [4.78, 5) is 52.5. The van der Waals surface area contributed by atoms with E-state index >= 15 is 0 Å². The summed E-state index contributed by atoms with van der Waals surface area (Å²) in [6.07, 6.45) is 8.33. The van der Waals surface area contributed by atoms with E-state index in [2.05, 4.69) is 25.1 Å². The second kappa shape index (κ2) is 12.3. The molecule has 4 heterocycles. The highest BCUT2D eigenvalue weighted by atomic mass is 19.1. The lowest BCUT2D eigenvalue weighted by atomic mass is 10.0. The zero-order valence-electron chi connectivity index (χ0n) is 23.6. The quantitative estimate of drug-likeness (QED) is 0.200. The van der Waals surface area contributed by atoms with Crippen LogP contribution in [0.5, 0.6) is 0 Å². The van der Waals surface area contributed by atoms with Gasteiger partial charge in [0.15, 0.2) is 17.4 Å². The van der Waals surface area contributed by atoms with Crippen LogP contribution < -0.4 is 15.1 Å². The first-order valence-corrected chi connectivity index (χ1v) is 14.8. The molecule has 2 saturated heterocycles. The van der Waals surface area contributed by atoms with Crippen LogP contribution in [0.2, 0.25) is 0 Å². The van der Waals surface area contributed by atoms with E-state index in [0.29, 0.717) is 75.0 Å². The standard InChI is InChI=1S/C31H35FN6O4/c32-28-11-9-23(19-33-28)36-14-16-37(17-15-36)26-10-8-22(27(39)4-1-2-12-38-13-3-5-29(38)40)18-24(26)34-30(41)25-20-42-31(35-25)21-6-7-21/h8-11,18-21H,1-7,12-17H2,(H,34,41). The molecule has 1 saturated carbocycles. The summed E-state index contributed by atoms with van der Waals surface area (Å²) in [5, 5.41) is 2.99. The van der Waals surface area contributed by atoms with Gasteiger partial charge in [-0.05, 0) is 62.4 Å². The van der Waals surface area contributed by atoms with E-state index in [4.69, 9.17) is 4.42 Å². The molecule has 1 aliphatic carbocycles. The first kappa shape index (κ1) is 27.9. The number of likely N-dealkylation sites (tertiary alicyclic amines) is 1. The minimum atomic E-state index is -0.509. The molecular formula is C31H35FN6O4. The smallest absolute Gasteiger partial charge is 0.277 e. The number of pyridine rings is 1. The molecular weight excluding hydrogens is 539 g/mol. The molecule has 0 radical (unpaired) electrons. The lowest BCUT2D eigenvalue weighted by molar-refractivity contribution is -0.127. The van der Waals surface area contributed by atoms with Gasteiger partial charge in [0, 0.05) is 63.6 Å². The van der Waals surface area contributed by atoms with Crippen LogP contribution in [0.3, 0.4) is 0 Å². The van der Waals surface area contributed by atoms with Gasteiger partial charge in [0.05, 0.1) is 23.3 Å². The third-order valence-electron chi connectivity index (χ3n) is 8.20. The minimum absolute atomic E-state index is 0.00381. The molecule has 1 N–H and O–H groups in total. The molecule has 10 nitrogen and oxygen atoms in total. The Morgan fingerprint density at radius 1 is 1.02 bits per heavy atom. The van der Waals surface area contributed by atoms with E-state index in [9.17, 15) is 18.8 Å². The number of ketones is 1. The molecule has 0 unspecified atom stereocenters. The molecule has 220 valence electrons. The highest BCUT2D eigenvalue weighted by molar-refractivity contribution is 6.06. The van der Waals surface area contributed by atoms with Crippen molar-refractivity contribution in [2.45, 2.75) is 50.9 Å². The predicted octanol–water partition coefficient (Wildman–Crippen LogP) is 4.64. The number of amides is 2. The monoisotopic (exact) mass is 574 g/mol. The van der Waals surface area contributed by atoms with Crippen molar-refractivity contribution in [3.05, 3.63) is 65.9 Å². The van der Waals surface area contributed by atoms with Crippen LogP contribution >= 0.6 is 0 Å². The van der Waals surface area contributed by atoms with Crippen LogP contribution in [-0.4, -0.2) is 71.7 Å². The van der Waals surface area contributed by atoms with Gasteiger partial charge in [-0.1, -0.05) is 0 Å². The number of anilines is 3. The van der Waals surface area contributed by atoms with Crippen molar-refractivity contribution in [3.8, 4) is 0 Å². The van der Waals surface area contributed by atoms with Crippen molar-refractivity contribution in [1.29, 1.82) is 0 Å². The molecule has 0 bridgehead atoms. The molecule has 3 aliphatic rings. The molecule has 3 fully saturated rings. The SMILES string of the molecule is O=C(CCCCN1CCCC1=O)c1ccc(N2CCN(c3ccc(F)nc3)CC2)c(NC(=O)c2coc(C3CC3)n2)c1. The summed E-state index contributed by atoms with van der Waals surface area (Å²) < 4.78 is 18.8. The molecule has 0 atom stereocenters. The molecule has 3 aromatic rings. The Balaban J connectivity index is 1.14. The van der Waals surface area contributed by atoms with Gasteiger partial charge < -0.3 is 24.4 Å². The number of Topliss-reactive ketones (excluding diaryl/α,β-unsaturated/α-hetero) is 1. The zero-order chi connectivity index (χ0) is 29.1. The molecule has 2 amide bonds. The van der Waals surface area contributed by atoms with Gasteiger partial charge in [0.25, 0.3) is 5.91 Å². The molecule has 2 aromatic heterocycles. The Morgan fingerprint density at radius 2 is 1.83 bits per heavy atom. The highest BCUT2D eigenvalue weighted by Gasteiger charge is 2.30. The van der Waals surface area contributed by atoms with Crippen molar-refractivity contribution in [2.24, 2.45) is 0 Å². The fraction of sp³-hybridized carbons (Fsp3) is 0.452. The number of rotatable bonds is 11. The van der Waals surface area contributed by atoms with Gasteiger partial charge in [0.2, 0.25) is 11.9 Å². The van der Waals surface area contributed by atoms with Crippen LogP contribution in [-0.2, 0) is 4.79 Å². The van der Waals surface area contributed by atoms with Gasteiger partial charge >= 0.3 is 0 Å². The van der Waals surface area contributed by atoms with Crippen LogP contribution in [0.25, 0.3) is 0 Å². The number of piperazine rings is 1. The zero-order valence-corrected chi connectivity index (χ0v) is 23.6. The van der Waals surface area contributed by atoms with E-state index in [1.807, 2.05) is 17.0 Å². The van der Waals surface area contributed by atoms with E-state index in [1.54, 1.807) is 12.1 Å². The summed E-state index contributed by atoms with van der Waals surface area (Å²) in [5.74, 6) is 0.179. The fourth-order valence-electron chi connectivity index (χ4n) is 5.62. The number of carbonyl (C=O) groups is 3. The largest absolute Gasteiger partial charge is 0.448 e. The first-order chi connectivity index (χ1) is 20.4. The molecule has 0 spiro atoms. The number of aromatic nitrogens is 2. The lowest BCUT2D eigenvalue weighted by Gasteiger charge is -2.38. The fourth-order valence-corrected chi connectivity index (χ4v) is 5.62. The Hall–Kier alpha value is -4.28. The van der Waals surface area contributed by atoms with Crippen molar-refractivity contribution in [3.63, 3.8) is 0 Å². The van der Waals surface area contributed by atoms with Crippen molar-refractivity contribution < 1.29 is 23.2 Å². The summed E-state index contributed by atoms with van der Waals surface area (Å²) in [6.45, 7) is 4.20. The Labute approximate surface area is 243 Å². The highest BCUT2D eigenvalue weighted by Crippen LogP contribution is 2.39. The molecule has 2 aliphatic heterocycles. The number of oxazole rings is 1. The molecule has 6 rings (SSSR count). The van der Waals surface area contributed by atoms with Gasteiger partial charge in [-0.15, -0.1) is 0 Å². The topological polar surface area (TPSA) is 112 Å². The van der Waals surface area contributed by atoms with Crippen molar-refractivity contribution >= 4 is 34.7 Å². The number of hydrogen-bond acceptors (Lipinski definition) is 8. The lowest BCUT2D eigenvalue weighted by Crippen LogP contribution is -2.46. The van der Waals surface area contributed by atoms with Gasteiger partial charge in [-0.3, -0.25) is 14.4 Å². The average Bonchev–Trinajstić information content (AvgIpc) is 3.59. The van der Waals surface area contributed by atoms with Crippen molar-refractivity contribution in [2.75, 3.05) is 54.4 Å². The minimum Gasteiger partial charge on any atom is -0.448 e. The van der Waals surface area contributed by atoms with Crippen LogP contribution in [0.1, 0.15) is 77.6 Å². The number of benzene rings is 1. The average molecular weight is 575 g/mol. The maximum absolute atomic E-state index is 13.3. The van der Waals surface area contributed by atoms with Gasteiger partial charge in [-0.25, -0.2) is 9.97 Å². The normalized spacial score (nSPS) is 17.2. The summed E-state index contributed by atoms with van der Waals surface area (Å²) >= 11 is 0. The maximum atomic E-state index is 13.3. The van der Waals surface area contributed by atoms with E-state index in [-0.39, 0.29) is 23.3 Å². The molecule has 11 heteroatoms.